The van der Waals surface area contributed by atoms with Gasteiger partial charge in [0.2, 0.25) is 0 Å². The van der Waals surface area contributed by atoms with Crippen LogP contribution in [0.2, 0.25) is 0 Å². The molecule has 4 nitrogen and oxygen atoms in total. The molecule has 0 atom stereocenters. The summed E-state index contributed by atoms with van der Waals surface area (Å²) in [5.74, 6) is 0.636. The molecule has 102 valence electrons. The van der Waals surface area contributed by atoms with Crippen LogP contribution in [-0.4, -0.2) is 6.03 Å². The lowest BCUT2D eigenvalue weighted by Gasteiger charge is -2.10. The molecule has 0 heterocycles. The lowest BCUT2D eigenvalue weighted by molar-refractivity contribution is 0.255. The molecule has 1 aromatic rings. The maximum atomic E-state index is 11.7. The fourth-order valence-corrected chi connectivity index (χ4v) is 2.41. The van der Waals surface area contributed by atoms with Gasteiger partial charge in [0.15, 0.2) is 0 Å². The quantitative estimate of drug-likeness (QED) is 0.727. The molecular weight excluding hydrogens is 238 g/mol. The summed E-state index contributed by atoms with van der Waals surface area (Å²) in [6.07, 6.45) is 6.90. The first kappa shape index (κ1) is 13.5. The first-order chi connectivity index (χ1) is 9.15. The van der Waals surface area contributed by atoms with Crippen molar-refractivity contribution in [1.29, 1.82) is 0 Å². The van der Waals surface area contributed by atoms with Crippen LogP contribution in [-0.2, 0) is 0 Å². The summed E-state index contributed by atoms with van der Waals surface area (Å²) < 4.78 is 0. The van der Waals surface area contributed by atoms with E-state index in [4.69, 9.17) is 5.73 Å². The third kappa shape index (κ3) is 4.02. The fourth-order valence-electron chi connectivity index (χ4n) is 2.41. The molecule has 4 heteroatoms. The maximum Gasteiger partial charge on any atom is 0.323 e. The molecule has 0 bridgehead atoms. The molecule has 0 aliphatic heterocycles. The minimum atomic E-state index is -0.220. The van der Waals surface area contributed by atoms with E-state index in [1.165, 1.54) is 31.3 Å². The number of anilines is 2. The summed E-state index contributed by atoms with van der Waals surface area (Å²) in [4.78, 5) is 11.7. The van der Waals surface area contributed by atoms with Gasteiger partial charge in [-0.3, -0.25) is 0 Å². The van der Waals surface area contributed by atoms with Crippen LogP contribution in [0.15, 0.2) is 36.0 Å². The van der Waals surface area contributed by atoms with Crippen LogP contribution >= 0.6 is 0 Å². The number of hydrogen-bond acceptors (Lipinski definition) is 2. The number of nitrogen functional groups attached to an aromatic ring is 1. The van der Waals surface area contributed by atoms with Crippen LogP contribution in [0.5, 0.6) is 0 Å². The van der Waals surface area contributed by atoms with E-state index in [-0.39, 0.29) is 6.03 Å². The molecule has 0 saturated heterocycles. The average molecular weight is 259 g/mol. The van der Waals surface area contributed by atoms with Gasteiger partial charge in [-0.05, 0) is 49.9 Å². The zero-order valence-corrected chi connectivity index (χ0v) is 11.3. The Bertz CT molecular complexity index is 459. The Balaban J connectivity index is 1.83. The molecule has 19 heavy (non-hydrogen) atoms. The number of rotatable bonds is 3. The van der Waals surface area contributed by atoms with Gasteiger partial charge in [0.1, 0.15) is 0 Å². The molecule has 0 spiro atoms. The topological polar surface area (TPSA) is 67.2 Å². The van der Waals surface area contributed by atoms with E-state index in [1.54, 1.807) is 24.3 Å². The molecule has 1 saturated carbocycles. The van der Waals surface area contributed by atoms with Gasteiger partial charge in [-0.25, -0.2) is 4.79 Å². The summed E-state index contributed by atoms with van der Waals surface area (Å²) in [5, 5.41) is 5.54. The molecular formula is C15H21N3O. The van der Waals surface area contributed by atoms with Crippen molar-refractivity contribution in [3.8, 4) is 0 Å². The highest BCUT2D eigenvalue weighted by atomic mass is 16.2. The molecule has 2 amide bonds. The second-order valence-electron chi connectivity index (χ2n) is 5.09. The minimum Gasteiger partial charge on any atom is -0.399 e. The van der Waals surface area contributed by atoms with Crippen molar-refractivity contribution in [2.24, 2.45) is 5.92 Å². The summed E-state index contributed by atoms with van der Waals surface area (Å²) in [6, 6.07) is 6.86. The normalized spacial score (nSPS) is 16.4. The second-order valence-corrected chi connectivity index (χ2v) is 5.09. The van der Waals surface area contributed by atoms with E-state index < -0.39 is 0 Å². The monoisotopic (exact) mass is 259 g/mol. The number of nitrogens with two attached hydrogens (primary N) is 1. The predicted octanol–water partition coefficient (Wildman–Crippen LogP) is 3.48. The first-order valence-corrected chi connectivity index (χ1v) is 6.75. The number of hydrogen-bond donors (Lipinski definition) is 3. The molecule has 0 aromatic heterocycles. The van der Waals surface area contributed by atoms with E-state index >= 15 is 0 Å². The largest absolute Gasteiger partial charge is 0.399 e. The van der Waals surface area contributed by atoms with Gasteiger partial charge in [0.25, 0.3) is 0 Å². The third-order valence-corrected chi connectivity index (χ3v) is 3.60. The fraction of sp³-hybridized carbons (Fsp3) is 0.400. The summed E-state index contributed by atoms with van der Waals surface area (Å²) in [6.45, 7) is 2.08. The highest BCUT2D eigenvalue weighted by Crippen LogP contribution is 2.30. The minimum absolute atomic E-state index is 0.220. The van der Waals surface area contributed by atoms with Crippen molar-refractivity contribution < 1.29 is 4.79 Å². The molecule has 0 radical (unpaired) electrons. The smallest absolute Gasteiger partial charge is 0.323 e. The molecule has 2 rings (SSSR count). The van der Waals surface area contributed by atoms with E-state index in [2.05, 4.69) is 17.6 Å². The Labute approximate surface area is 114 Å². The van der Waals surface area contributed by atoms with Crippen LogP contribution in [0.25, 0.3) is 0 Å². The van der Waals surface area contributed by atoms with E-state index in [1.807, 2.05) is 6.20 Å². The van der Waals surface area contributed by atoms with Gasteiger partial charge in [-0.15, -0.1) is 0 Å². The molecule has 0 unspecified atom stereocenters. The van der Waals surface area contributed by atoms with Crippen molar-refractivity contribution in [1.82, 2.24) is 5.32 Å². The van der Waals surface area contributed by atoms with Gasteiger partial charge in [0.05, 0.1) is 0 Å². The van der Waals surface area contributed by atoms with Crippen LogP contribution in [0.3, 0.4) is 0 Å². The zero-order valence-electron chi connectivity index (χ0n) is 11.3. The molecule has 4 N–H and O–H groups in total. The van der Waals surface area contributed by atoms with Crippen molar-refractivity contribution in [3.63, 3.8) is 0 Å². The van der Waals surface area contributed by atoms with Gasteiger partial charge in [-0.1, -0.05) is 18.4 Å². The van der Waals surface area contributed by atoms with Gasteiger partial charge < -0.3 is 16.4 Å². The Hall–Kier alpha value is -1.97. The van der Waals surface area contributed by atoms with Crippen LogP contribution in [0.4, 0.5) is 16.2 Å². The number of carbonyl (C=O) groups excluding carboxylic acids is 1. The molecule has 1 aromatic carbocycles. The third-order valence-electron chi connectivity index (χ3n) is 3.60. The molecule has 1 fully saturated rings. The molecule has 1 aliphatic carbocycles. The summed E-state index contributed by atoms with van der Waals surface area (Å²) in [5.41, 5.74) is 8.26. The van der Waals surface area contributed by atoms with Crippen LogP contribution < -0.4 is 16.4 Å². The highest BCUT2D eigenvalue weighted by Gasteiger charge is 2.16. The Morgan fingerprint density at radius 1 is 1.26 bits per heavy atom. The number of urea groups is 1. The Morgan fingerprint density at radius 2 is 1.89 bits per heavy atom. The standard InChI is InChI=1S/C15H21N3O/c1-11(12-4-2-3-5-12)10-17-15(19)18-14-8-6-13(16)7-9-14/h6-10,12H,2-5,16H2,1H3,(H2,17,18,19)/b11-10+. The Kier molecular flexibility index (Phi) is 4.44. The number of benzene rings is 1. The summed E-state index contributed by atoms with van der Waals surface area (Å²) in [7, 11) is 0. The second kappa shape index (κ2) is 6.27. The molecule has 1 aliphatic rings. The Morgan fingerprint density at radius 3 is 2.53 bits per heavy atom. The van der Waals surface area contributed by atoms with E-state index in [9.17, 15) is 4.79 Å². The van der Waals surface area contributed by atoms with E-state index in [0.717, 1.165) is 5.69 Å². The maximum absolute atomic E-state index is 11.7. The van der Waals surface area contributed by atoms with Crippen molar-refractivity contribution >= 4 is 17.4 Å². The lowest BCUT2D eigenvalue weighted by atomic mass is 10.0. The van der Waals surface area contributed by atoms with Gasteiger partial charge in [0, 0.05) is 17.6 Å². The predicted molar refractivity (Wildman–Crippen MR) is 78.7 cm³/mol. The number of allylic oxidation sites excluding steroid dienone is 1. The van der Waals surface area contributed by atoms with Crippen LogP contribution in [0.1, 0.15) is 32.6 Å². The highest BCUT2D eigenvalue weighted by molar-refractivity contribution is 5.90. The first-order valence-electron chi connectivity index (χ1n) is 6.75. The number of amides is 2. The van der Waals surface area contributed by atoms with Crippen molar-refractivity contribution in [3.05, 3.63) is 36.0 Å². The van der Waals surface area contributed by atoms with Crippen molar-refractivity contribution in [2.75, 3.05) is 11.1 Å². The van der Waals surface area contributed by atoms with Gasteiger partial charge in [-0.2, -0.15) is 0 Å². The van der Waals surface area contributed by atoms with Crippen molar-refractivity contribution in [2.45, 2.75) is 32.6 Å². The van der Waals surface area contributed by atoms with E-state index in [0.29, 0.717) is 11.6 Å². The summed E-state index contributed by atoms with van der Waals surface area (Å²) >= 11 is 0. The van der Waals surface area contributed by atoms with Crippen LogP contribution in [0, 0.1) is 5.92 Å². The lowest BCUT2D eigenvalue weighted by Crippen LogP contribution is -2.24. The SMILES string of the molecule is C/C(=C\NC(=O)Nc1ccc(N)cc1)C1CCCC1. The zero-order chi connectivity index (χ0) is 13.7. The number of nitrogens with one attached hydrogen (secondary N) is 2. The average Bonchev–Trinajstić information content (AvgIpc) is 2.93. The van der Waals surface area contributed by atoms with Gasteiger partial charge >= 0.3 is 6.03 Å². The number of carbonyl (C=O) groups is 1.